The summed E-state index contributed by atoms with van der Waals surface area (Å²) in [6.07, 6.45) is -2.53. The van der Waals surface area contributed by atoms with Gasteiger partial charge in [0.2, 0.25) is 6.79 Å². The van der Waals surface area contributed by atoms with E-state index in [9.17, 15) is 8.78 Å². The Morgan fingerprint density at radius 1 is 1.33 bits per heavy atom. The number of rotatable bonds is 2. The fourth-order valence-corrected chi connectivity index (χ4v) is 1.52. The van der Waals surface area contributed by atoms with Crippen molar-refractivity contribution in [1.29, 1.82) is 0 Å². The number of nitrogens with two attached hydrogens (primary N) is 1. The highest BCUT2D eigenvalue weighted by molar-refractivity contribution is 5.52. The highest BCUT2D eigenvalue weighted by Gasteiger charge is 2.23. The molecule has 0 radical (unpaired) electrons. The van der Waals surface area contributed by atoms with Crippen LogP contribution in [-0.4, -0.2) is 6.79 Å². The molecule has 15 heavy (non-hydrogen) atoms. The van der Waals surface area contributed by atoms with Crippen LogP contribution in [0.3, 0.4) is 0 Å². The first kappa shape index (κ1) is 10.2. The molecule has 0 aliphatic carbocycles. The molecule has 0 saturated heterocycles. The van der Waals surface area contributed by atoms with Crippen molar-refractivity contribution in [3.63, 3.8) is 0 Å². The van der Waals surface area contributed by atoms with Gasteiger partial charge in [-0.15, -0.1) is 0 Å². The lowest BCUT2D eigenvalue weighted by Gasteiger charge is -2.11. The molecule has 1 atom stereocenters. The molecule has 0 fully saturated rings. The largest absolute Gasteiger partial charge is 0.454 e. The third-order valence-corrected chi connectivity index (χ3v) is 2.27. The van der Waals surface area contributed by atoms with Gasteiger partial charge in [0.1, 0.15) is 0 Å². The molecule has 2 rings (SSSR count). The van der Waals surface area contributed by atoms with E-state index in [1.807, 2.05) is 0 Å². The van der Waals surface area contributed by atoms with E-state index in [1.54, 1.807) is 6.92 Å². The number of fused-ring (bicyclic) bond motifs is 1. The summed E-state index contributed by atoms with van der Waals surface area (Å²) in [7, 11) is 0. The van der Waals surface area contributed by atoms with Gasteiger partial charge >= 0.3 is 0 Å². The van der Waals surface area contributed by atoms with Crippen molar-refractivity contribution in [3.8, 4) is 11.5 Å². The Bertz CT molecular complexity index is 380. The molecular formula is C10H11F2NO2. The summed E-state index contributed by atoms with van der Waals surface area (Å²) in [5, 5.41) is 0. The molecular weight excluding hydrogens is 204 g/mol. The van der Waals surface area contributed by atoms with Crippen LogP contribution in [0.15, 0.2) is 12.1 Å². The number of hydrogen-bond acceptors (Lipinski definition) is 3. The van der Waals surface area contributed by atoms with E-state index in [4.69, 9.17) is 15.2 Å². The number of alkyl halides is 2. The first-order valence-corrected chi connectivity index (χ1v) is 4.56. The number of benzene rings is 1. The van der Waals surface area contributed by atoms with Crippen molar-refractivity contribution in [3.05, 3.63) is 23.3 Å². The molecule has 1 aliphatic heterocycles. The van der Waals surface area contributed by atoms with E-state index in [2.05, 4.69) is 0 Å². The van der Waals surface area contributed by atoms with E-state index in [-0.39, 0.29) is 18.4 Å². The second-order valence-electron chi connectivity index (χ2n) is 3.43. The molecule has 82 valence electrons. The van der Waals surface area contributed by atoms with Crippen molar-refractivity contribution >= 4 is 0 Å². The highest BCUT2D eigenvalue weighted by Crippen LogP contribution is 2.41. The van der Waals surface area contributed by atoms with Crippen molar-refractivity contribution in [2.45, 2.75) is 19.4 Å². The molecule has 0 saturated carbocycles. The van der Waals surface area contributed by atoms with Gasteiger partial charge in [-0.05, 0) is 19.1 Å². The maximum atomic E-state index is 12.5. The maximum Gasteiger partial charge on any atom is 0.263 e. The quantitative estimate of drug-likeness (QED) is 0.823. The highest BCUT2D eigenvalue weighted by atomic mass is 19.3. The van der Waals surface area contributed by atoms with Gasteiger partial charge in [0.05, 0.1) is 0 Å². The Balaban J connectivity index is 2.52. The first-order chi connectivity index (χ1) is 7.09. The molecule has 1 aromatic carbocycles. The predicted octanol–water partition coefficient (Wildman–Crippen LogP) is 2.37. The number of ether oxygens (including phenoxy) is 2. The molecule has 5 heteroatoms. The van der Waals surface area contributed by atoms with E-state index >= 15 is 0 Å². The summed E-state index contributed by atoms with van der Waals surface area (Å²) in [6.45, 7) is 1.77. The summed E-state index contributed by atoms with van der Waals surface area (Å²) >= 11 is 0. The van der Waals surface area contributed by atoms with Crippen LogP contribution >= 0.6 is 0 Å². The van der Waals surface area contributed by atoms with Crippen molar-refractivity contribution in [2.24, 2.45) is 5.73 Å². The molecule has 0 spiro atoms. The minimum Gasteiger partial charge on any atom is -0.454 e. The molecule has 3 nitrogen and oxygen atoms in total. The lowest BCUT2D eigenvalue weighted by molar-refractivity contribution is 0.150. The second kappa shape index (κ2) is 3.66. The summed E-state index contributed by atoms with van der Waals surface area (Å²) in [5.41, 5.74) is 6.14. The van der Waals surface area contributed by atoms with Gasteiger partial charge in [-0.3, -0.25) is 0 Å². The SMILES string of the molecule is CC(N)c1cc(C(F)F)cc2c1OCO2. The van der Waals surface area contributed by atoms with Crippen LogP contribution in [0.2, 0.25) is 0 Å². The molecule has 0 bridgehead atoms. The third kappa shape index (κ3) is 1.74. The zero-order valence-corrected chi connectivity index (χ0v) is 8.17. The van der Waals surface area contributed by atoms with Crippen molar-refractivity contribution < 1.29 is 18.3 Å². The Kier molecular flexibility index (Phi) is 2.48. The molecule has 0 aromatic heterocycles. The second-order valence-corrected chi connectivity index (χ2v) is 3.43. The van der Waals surface area contributed by atoms with Crippen LogP contribution in [0.1, 0.15) is 30.5 Å². The Morgan fingerprint density at radius 3 is 2.67 bits per heavy atom. The van der Waals surface area contributed by atoms with Crippen LogP contribution in [0.4, 0.5) is 8.78 Å². The van der Waals surface area contributed by atoms with Crippen molar-refractivity contribution in [2.75, 3.05) is 6.79 Å². The smallest absolute Gasteiger partial charge is 0.263 e. The summed E-state index contributed by atoms with van der Waals surface area (Å²) in [4.78, 5) is 0. The number of halogens is 2. The first-order valence-electron chi connectivity index (χ1n) is 4.56. The lowest BCUT2D eigenvalue weighted by atomic mass is 10.0. The number of hydrogen-bond donors (Lipinski definition) is 1. The Labute approximate surface area is 85.8 Å². The predicted molar refractivity (Wildman–Crippen MR) is 50.1 cm³/mol. The van der Waals surface area contributed by atoms with Gasteiger partial charge in [-0.1, -0.05) is 0 Å². The minimum absolute atomic E-state index is 0.0573. The van der Waals surface area contributed by atoms with Gasteiger partial charge in [0, 0.05) is 17.2 Å². The molecule has 2 N–H and O–H groups in total. The Morgan fingerprint density at radius 2 is 2.07 bits per heavy atom. The fourth-order valence-electron chi connectivity index (χ4n) is 1.52. The van der Waals surface area contributed by atoms with E-state index in [0.29, 0.717) is 17.1 Å². The zero-order chi connectivity index (χ0) is 11.0. The summed E-state index contributed by atoms with van der Waals surface area (Å²) < 4.78 is 35.3. The van der Waals surface area contributed by atoms with Gasteiger partial charge in [0.15, 0.2) is 11.5 Å². The lowest BCUT2D eigenvalue weighted by Crippen LogP contribution is -2.07. The van der Waals surface area contributed by atoms with Gasteiger partial charge in [-0.2, -0.15) is 0 Å². The normalized spacial score (nSPS) is 15.8. The van der Waals surface area contributed by atoms with Crippen LogP contribution in [0, 0.1) is 0 Å². The monoisotopic (exact) mass is 215 g/mol. The Hall–Kier alpha value is -1.36. The van der Waals surface area contributed by atoms with E-state index in [1.165, 1.54) is 12.1 Å². The van der Waals surface area contributed by atoms with E-state index in [0.717, 1.165) is 0 Å². The van der Waals surface area contributed by atoms with Crippen LogP contribution in [-0.2, 0) is 0 Å². The minimum atomic E-state index is -2.53. The standard InChI is InChI=1S/C10H11F2NO2/c1-5(13)7-2-6(10(11)12)3-8-9(7)15-4-14-8/h2-3,5,10H,4,13H2,1H3. The topological polar surface area (TPSA) is 44.5 Å². The van der Waals surface area contributed by atoms with Gasteiger partial charge in [0.25, 0.3) is 6.43 Å². The molecule has 1 heterocycles. The molecule has 0 amide bonds. The zero-order valence-electron chi connectivity index (χ0n) is 8.17. The average molecular weight is 215 g/mol. The van der Waals surface area contributed by atoms with Gasteiger partial charge in [-0.25, -0.2) is 8.78 Å². The van der Waals surface area contributed by atoms with Crippen molar-refractivity contribution in [1.82, 2.24) is 0 Å². The van der Waals surface area contributed by atoms with Gasteiger partial charge < -0.3 is 15.2 Å². The molecule has 1 aliphatic rings. The van der Waals surface area contributed by atoms with Crippen LogP contribution in [0.25, 0.3) is 0 Å². The summed E-state index contributed by atoms with van der Waals surface area (Å²) in [5.74, 6) is 0.828. The van der Waals surface area contributed by atoms with Crippen LogP contribution in [0.5, 0.6) is 11.5 Å². The summed E-state index contributed by atoms with van der Waals surface area (Å²) in [6, 6.07) is 2.29. The van der Waals surface area contributed by atoms with E-state index < -0.39 is 6.43 Å². The molecule has 1 unspecified atom stereocenters. The molecule has 1 aromatic rings. The average Bonchev–Trinajstić information content (AvgIpc) is 2.62. The fraction of sp³-hybridized carbons (Fsp3) is 0.400. The maximum absolute atomic E-state index is 12.5. The van der Waals surface area contributed by atoms with Crippen LogP contribution < -0.4 is 15.2 Å². The third-order valence-electron chi connectivity index (χ3n) is 2.27.